The van der Waals surface area contributed by atoms with Crippen molar-refractivity contribution in [1.82, 2.24) is 4.31 Å². The third kappa shape index (κ3) is 2.38. The van der Waals surface area contributed by atoms with Crippen LogP contribution in [0, 0.1) is 11.6 Å². The van der Waals surface area contributed by atoms with Gasteiger partial charge in [-0.3, -0.25) is 0 Å². The summed E-state index contributed by atoms with van der Waals surface area (Å²) in [5.41, 5.74) is 3.61. The number of hydrogen-bond donors (Lipinski definition) is 1. The first-order valence-electron chi connectivity index (χ1n) is 6.02. The first-order chi connectivity index (χ1) is 9.18. The molecule has 0 unspecified atom stereocenters. The highest BCUT2D eigenvalue weighted by atomic mass is 32.2. The molecule has 0 amide bonds. The highest BCUT2D eigenvalue weighted by Gasteiger charge is 2.41. The molecule has 1 aromatic rings. The highest BCUT2D eigenvalue weighted by molar-refractivity contribution is 7.89. The maximum Gasteiger partial charge on any atom is 0.246 e. The van der Waals surface area contributed by atoms with Gasteiger partial charge in [0.15, 0.2) is 5.82 Å². The summed E-state index contributed by atoms with van der Waals surface area (Å²) in [5.74, 6) is -2.24. The summed E-state index contributed by atoms with van der Waals surface area (Å²) in [6.07, 6.45) is 0. The van der Waals surface area contributed by atoms with Crippen LogP contribution >= 0.6 is 0 Å². The number of rotatable bonds is 2. The van der Waals surface area contributed by atoms with Crippen LogP contribution in [0.15, 0.2) is 17.0 Å². The number of ether oxygens (including phenoxy) is 1. The molecule has 0 radical (unpaired) electrons. The number of morpholine rings is 1. The smallest absolute Gasteiger partial charge is 0.246 e. The molecule has 112 valence electrons. The molecular weight excluding hydrogens is 290 g/mol. The van der Waals surface area contributed by atoms with E-state index < -0.39 is 37.8 Å². The van der Waals surface area contributed by atoms with Crippen molar-refractivity contribution >= 4 is 15.7 Å². The standard InChI is InChI=1S/C12H16F2N2O3S/c1-12(2)7-19-6-5-16(12)20(17,18)9-4-3-8(13)11(15)10(9)14/h3-4H,5-7,15H2,1-2H3. The molecule has 0 bridgehead atoms. The predicted molar refractivity (Wildman–Crippen MR) is 69.6 cm³/mol. The largest absolute Gasteiger partial charge is 0.394 e. The van der Waals surface area contributed by atoms with Crippen molar-refractivity contribution in [2.45, 2.75) is 24.3 Å². The lowest BCUT2D eigenvalue weighted by Crippen LogP contribution is -2.55. The number of anilines is 1. The second kappa shape index (κ2) is 4.94. The molecule has 5 nitrogen and oxygen atoms in total. The summed E-state index contributed by atoms with van der Waals surface area (Å²) in [6.45, 7) is 3.88. The van der Waals surface area contributed by atoms with Crippen molar-refractivity contribution in [3.05, 3.63) is 23.8 Å². The zero-order valence-corrected chi connectivity index (χ0v) is 12.0. The SMILES string of the molecule is CC1(C)COCCN1S(=O)(=O)c1ccc(F)c(N)c1F. The van der Waals surface area contributed by atoms with Gasteiger partial charge < -0.3 is 10.5 Å². The van der Waals surface area contributed by atoms with Gasteiger partial charge in [0.2, 0.25) is 10.0 Å². The zero-order chi connectivity index (χ0) is 15.1. The van der Waals surface area contributed by atoms with Crippen LogP contribution in [0.3, 0.4) is 0 Å². The van der Waals surface area contributed by atoms with Gasteiger partial charge in [0.25, 0.3) is 0 Å². The van der Waals surface area contributed by atoms with E-state index in [0.29, 0.717) is 0 Å². The minimum atomic E-state index is -4.11. The van der Waals surface area contributed by atoms with Gasteiger partial charge >= 0.3 is 0 Å². The Morgan fingerprint density at radius 2 is 2.00 bits per heavy atom. The third-order valence-corrected chi connectivity index (χ3v) is 5.36. The van der Waals surface area contributed by atoms with E-state index in [2.05, 4.69) is 0 Å². The fourth-order valence-corrected chi connectivity index (χ4v) is 3.99. The fraction of sp³-hybridized carbons (Fsp3) is 0.500. The van der Waals surface area contributed by atoms with E-state index in [0.717, 1.165) is 16.4 Å². The summed E-state index contributed by atoms with van der Waals surface area (Å²) < 4.78 is 58.6. The molecule has 1 aromatic carbocycles. The molecular formula is C12H16F2N2O3S. The van der Waals surface area contributed by atoms with Crippen molar-refractivity contribution in [3.8, 4) is 0 Å². The first-order valence-corrected chi connectivity index (χ1v) is 7.46. The van der Waals surface area contributed by atoms with Gasteiger partial charge in [-0.1, -0.05) is 0 Å². The van der Waals surface area contributed by atoms with E-state index >= 15 is 0 Å². The van der Waals surface area contributed by atoms with Gasteiger partial charge in [-0.15, -0.1) is 0 Å². The molecule has 0 aliphatic carbocycles. The third-order valence-electron chi connectivity index (χ3n) is 3.23. The lowest BCUT2D eigenvalue weighted by Gasteiger charge is -2.40. The normalized spacial score (nSPS) is 20.0. The number of nitrogens with zero attached hydrogens (tertiary/aromatic N) is 1. The minimum absolute atomic E-state index is 0.103. The van der Waals surface area contributed by atoms with Crippen LogP contribution in [0.4, 0.5) is 14.5 Å². The zero-order valence-electron chi connectivity index (χ0n) is 11.2. The van der Waals surface area contributed by atoms with Gasteiger partial charge in [0.05, 0.1) is 18.8 Å². The summed E-state index contributed by atoms with van der Waals surface area (Å²) in [7, 11) is -4.11. The summed E-state index contributed by atoms with van der Waals surface area (Å²) in [4.78, 5) is -0.619. The van der Waals surface area contributed by atoms with Crippen LogP contribution in [0.25, 0.3) is 0 Å². The van der Waals surface area contributed by atoms with Crippen LogP contribution in [0.2, 0.25) is 0 Å². The second-order valence-electron chi connectivity index (χ2n) is 5.22. The predicted octanol–water partition coefficient (Wildman–Crippen LogP) is 1.35. The number of sulfonamides is 1. The quantitative estimate of drug-likeness (QED) is 0.837. The highest BCUT2D eigenvalue weighted by Crippen LogP contribution is 2.31. The van der Waals surface area contributed by atoms with E-state index in [9.17, 15) is 17.2 Å². The van der Waals surface area contributed by atoms with Crippen molar-refractivity contribution in [2.24, 2.45) is 0 Å². The Bertz CT molecular complexity index is 632. The average Bonchev–Trinajstić information content (AvgIpc) is 2.34. The number of nitrogens with two attached hydrogens (primary N) is 1. The summed E-state index contributed by atoms with van der Waals surface area (Å²) in [6, 6.07) is 1.74. The van der Waals surface area contributed by atoms with Gasteiger partial charge in [-0.25, -0.2) is 17.2 Å². The Morgan fingerprint density at radius 1 is 1.35 bits per heavy atom. The number of halogens is 2. The van der Waals surface area contributed by atoms with Gasteiger partial charge in [-0.2, -0.15) is 4.31 Å². The molecule has 1 fully saturated rings. The molecule has 0 spiro atoms. The van der Waals surface area contributed by atoms with Crippen LogP contribution in [0.5, 0.6) is 0 Å². The van der Waals surface area contributed by atoms with E-state index in [1.807, 2.05) is 0 Å². The van der Waals surface area contributed by atoms with Gasteiger partial charge in [0, 0.05) is 6.54 Å². The fourth-order valence-electron chi connectivity index (χ4n) is 2.16. The second-order valence-corrected chi connectivity index (χ2v) is 7.05. The van der Waals surface area contributed by atoms with Crippen LogP contribution < -0.4 is 5.73 Å². The minimum Gasteiger partial charge on any atom is -0.394 e. The molecule has 1 aliphatic heterocycles. The number of benzene rings is 1. The van der Waals surface area contributed by atoms with Crippen molar-refractivity contribution < 1.29 is 21.9 Å². The molecule has 2 N–H and O–H groups in total. The van der Waals surface area contributed by atoms with Crippen molar-refractivity contribution in [3.63, 3.8) is 0 Å². The molecule has 0 aromatic heterocycles. The Balaban J connectivity index is 2.53. The molecule has 2 rings (SSSR count). The van der Waals surface area contributed by atoms with Gasteiger partial charge in [0.1, 0.15) is 16.4 Å². The van der Waals surface area contributed by atoms with Crippen molar-refractivity contribution in [2.75, 3.05) is 25.5 Å². The van der Waals surface area contributed by atoms with Crippen LogP contribution in [-0.2, 0) is 14.8 Å². The average molecular weight is 306 g/mol. The van der Waals surface area contributed by atoms with E-state index in [1.165, 1.54) is 0 Å². The number of nitrogen functional groups attached to an aromatic ring is 1. The van der Waals surface area contributed by atoms with Crippen LogP contribution in [-0.4, -0.2) is 38.0 Å². The molecule has 1 heterocycles. The monoisotopic (exact) mass is 306 g/mol. The molecule has 0 atom stereocenters. The maximum atomic E-state index is 14.0. The van der Waals surface area contributed by atoms with E-state index in [4.69, 9.17) is 10.5 Å². The first kappa shape index (κ1) is 15.1. The van der Waals surface area contributed by atoms with E-state index in [1.54, 1.807) is 13.8 Å². The number of hydrogen-bond acceptors (Lipinski definition) is 4. The van der Waals surface area contributed by atoms with Gasteiger partial charge in [-0.05, 0) is 26.0 Å². The van der Waals surface area contributed by atoms with Crippen LogP contribution in [0.1, 0.15) is 13.8 Å². The lowest BCUT2D eigenvalue weighted by atomic mass is 10.1. The summed E-state index contributed by atoms with van der Waals surface area (Å²) >= 11 is 0. The lowest BCUT2D eigenvalue weighted by molar-refractivity contribution is -0.00779. The van der Waals surface area contributed by atoms with E-state index in [-0.39, 0.29) is 19.8 Å². The Labute approximate surface area is 116 Å². The molecule has 1 aliphatic rings. The molecule has 1 saturated heterocycles. The Hall–Kier alpha value is -1.25. The Morgan fingerprint density at radius 3 is 2.60 bits per heavy atom. The summed E-state index contributed by atoms with van der Waals surface area (Å²) in [5, 5.41) is 0. The molecule has 20 heavy (non-hydrogen) atoms. The topological polar surface area (TPSA) is 72.6 Å². The maximum absolute atomic E-state index is 14.0. The molecule has 0 saturated carbocycles. The molecule has 8 heteroatoms. The van der Waals surface area contributed by atoms with Crippen molar-refractivity contribution in [1.29, 1.82) is 0 Å². The Kier molecular flexibility index (Phi) is 3.74.